The summed E-state index contributed by atoms with van der Waals surface area (Å²) < 4.78 is 31.0. The van der Waals surface area contributed by atoms with Crippen molar-refractivity contribution in [3.63, 3.8) is 0 Å². The summed E-state index contributed by atoms with van der Waals surface area (Å²) in [7, 11) is -2.02. The van der Waals surface area contributed by atoms with Gasteiger partial charge in [-0.1, -0.05) is 30.3 Å². The monoisotopic (exact) mass is 390 g/mol. The first-order valence-electron chi connectivity index (χ1n) is 8.60. The molecule has 27 heavy (non-hydrogen) atoms. The third-order valence-corrected chi connectivity index (χ3v) is 5.48. The average Bonchev–Trinajstić information content (AvgIpc) is 2.59. The zero-order valence-electron chi connectivity index (χ0n) is 16.3. The molecule has 0 aliphatic carbocycles. The van der Waals surface area contributed by atoms with Crippen LogP contribution in [0.1, 0.15) is 29.7 Å². The van der Waals surface area contributed by atoms with Gasteiger partial charge in [0.25, 0.3) is 0 Å². The Morgan fingerprint density at radius 1 is 1.11 bits per heavy atom. The lowest BCUT2D eigenvalue weighted by atomic mass is 10.1. The van der Waals surface area contributed by atoms with Crippen molar-refractivity contribution in [2.75, 3.05) is 24.2 Å². The maximum atomic E-state index is 12.6. The van der Waals surface area contributed by atoms with Gasteiger partial charge in [0.05, 0.1) is 25.1 Å². The highest BCUT2D eigenvalue weighted by molar-refractivity contribution is 7.92. The molecule has 1 atom stereocenters. The number of benzene rings is 2. The van der Waals surface area contributed by atoms with Crippen molar-refractivity contribution in [1.82, 2.24) is 5.32 Å². The number of para-hydroxylation sites is 1. The molecule has 2 rings (SSSR count). The van der Waals surface area contributed by atoms with E-state index < -0.39 is 10.0 Å². The van der Waals surface area contributed by atoms with Gasteiger partial charge in [-0.15, -0.1) is 0 Å². The van der Waals surface area contributed by atoms with Gasteiger partial charge in [0.1, 0.15) is 12.3 Å². The zero-order chi connectivity index (χ0) is 20.2. The van der Waals surface area contributed by atoms with E-state index in [2.05, 4.69) is 5.32 Å². The highest BCUT2D eigenvalue weighted by atomic mass is 32.2. The largest absolute Gasteiger partial charge is 0.497 e. The van der Waals surface area contributed by atoms with Crippen LogP contribution in [0.5, 0.6) is 5.75 Å². The average molecular weight is 391 g/mol. The highest BCUT2D eigenvalue weighted by Crippen LogP contribution is 2.26. The number of nitrogens with zero attached hydrogens (tertiary/aromatic N) is 1. The first kappa shape index (κ1) is 20.8. The van der Waals surface area contributed by atoms with Crippen molar-refractivity contribution >= 4 is 21.6 Å². The van der Waals surface area contributed by atoms with Gasteiger partial charge in [-0.3, -0.25) is 9.10 Å². The molecule has 0 radical (unpaired) electrons. The lowest BCUT2D eigenvalue weighted by molar-refractivity contribution is -0.120. The molecular weight excluding hydrogens is 364 g/mol. The summed E-state index contributed by atoms with van der Waals surface area (Å²) in [5, 5.41) is 2.86. The molecule has 1 amide bonds. The van der Waals surface area contributed by atoms with Gasteiger partial charge in [-0.05, 0) is 49.6 Å². The maximum Gasteiger partial charge on any atom is 0.241 e. The second kappa shape index (κ2) is 8.43. The van der Waals surface area contributed by atoms with Crippen LogP contribution >= 0.6 is 0 Å². The number of nitrogens with one attached hydrogen (secondary N) is 1. The second-order valence-electron chi connectivity index (χ2n) is 6.57. The van der Waals surface area contributed by atoms with Crippen LogP contribution in [0.2, 0.25) is 0 Å². The minimum absolute atomic E-state index is 0.261. The Hall–Kier alpha value is -2.54. The van der Waals surface area contributed by atoms with Crippen LogP contribution in [-0.4, -0.2) is 34.2 Å². The molecule has 0 bridgehead atoms. The molecule has 6 nitrogen and oxygen atoms in total. The van der Waals surface area contributed by atoms with E-state index in [0.717, 1.165) is 33.0 Å². The SMILES string of the molecule is COc1ccc([C@@H](C)NC(=O)CN(c2c(C)cccc2C)S(C)(=O)=O)cc1. The Balaban J connectivity index is 2.19. The first-order valence-corrected chi connectivity index (χ1v) is 10.5. The van der Waals surface area contributed by atoms with Crippen LogP contribution in [0.4, 0.5) is 5.69 Å². The molecular formula is C20H26N2O4S. The van der Waals surface area contributed by atoms with Crippen molar-refractivity contribution in [3.05, 3.63) is 59.2 Å². The van der Waals surface area contributed by atoms with E-state index in [9.17, 15) is 13.2 Å². The van der Waals surface area contributed by atoms with Gasteiger partial charge in [0.2, 0.25) is 15.9 Å². The summed E-state index contributed by atoms with van der Waals surface area (Å²) in [6.45, 7) is 5.24. The fraction of sp³-hybridized carbons (Fsp3) is 0.350. The topological polar surface area (TPSA) is 75.7 Å². The Labute approximate surface area is 161 Å². The zero-order valence-corrected chi connectivity index (χ0v) is 17.1. The standard InChI is InChI=1S/C20H26N2O4S/c1-14-7-6-8-15(2)20(14)22(27(5,24)25)13-19(23)21-16(3)17-9-11-18(26-4)12-10-17/h6-12,16H,13H2,1-5H3,(H,21,23)/t16-/m1/s1. The van der Waals surface area contributed by atoms with Crippen LogP contribution in [0.15, 0.2) is 42.5 Å². The van der Waals surface area contributed by atoms with Crippen molar-refractivity contribution < 1.29 is 17.9 Å². The number of anilines is 1. The van der Waals surface area contributed by atoms with Gasteiger partial charge < -0.3 is 10.1 Å². The number of aryl methyl sites for hydroxylation is 2. The van der Waals surface area contributed by atoms with Gasteiger partial charge >= 0.3 is 0 Å². The van der Waals surface area contributed by atoms with Crippen LogP contribution in [0, 0.1) is 13.8 Å². The van der Waals surface area contributed by atoms with E-state index in [0.29, 0.717) is 5.69 Å². The van der Waals surface area contributed by atoms with Gasteiger partial charge in [-0.25, -0.2) is 8.42 Å². The molecule has 7 heteroatoms. The molecule has 0 aliphatic heterocycles. The molecule has 2 aromatic rings. The molecule has 0 heterocycles. The van der Waals surface area contributed by atoms with E-state index in [1.165, 1.54) is 0 Å². The third kappa shape index (κ3) is 5.23. The predicted octanol–water partition coefficient (Wildman–Crippen LogP) is 2.96. The fourth-order valence-electron chi connectivity index (χ4n) is 2.95. The number of methoxy groups -OCH3 is 1. The summed E-state index contributed by atoms with van der Waals surface area (Å²) in [6.07, 6.45) is 1.11. The lowest BCUT2D eigenvalue weighted by Gasteiger charge is -2.26. The van der Waals surface area contributed by atoms with Crippen LogP contribution in [0.3, 0.4) is 0 Å². The van der Waals surface area contributed by atoms with E-state index in [1.54, 1.807) is 7.11 Å². The van der Waals surface area contributed by atoms with Crippen LogP contribution in [-0.2, 0) is 14.8 Å². The minimum Gasteiger partial charge on any atom is -0.497 e. The quantitative estimate of drug-likeness (QED) is 0.789. The van der Waals surface area contributed by atoms with Crippen LogP contribution in [0.25, 0.3) is 0 Å². The summed E-state index contributed by atoms with van der Waals surface area (Å²) in [5.74, 6) is 0.363. The lowest BCUT2D eigenvalue weighted by Crippen LogP contribution is -2.41. The summed E-state index contributed by atoms with van der Waals surface area (Å²) in [6, 6.07) is 12.6. The Morgan fingerprint density at radius 2 is 1.67 bits per heavy atom. The number of carbonyl (C=O) groups is 1. The summed E-state index contributed by atoms with van der Waals surface area (Å²) in [5.41, 5.74) is 3.06. The van der Waals surface area contributed by atoms with Crippen molar-refractivity contribution in [2.24, 2.45) is 0 Å². The van der Waals surface area contributed by atoms with E-state index in [4.69, 9.17) is 4.74 Å². The molecule has 0 aromatic heterocycles. The molecule has 146 valence electrons. The van der Waals surface area contributed by atoms with Gasteiger partial charge in [-0.2, -0.15) is 0 Å². The van der Waals surface area contributed by atoms with Crippen molar-refractivity contribution in [3.8, 4) is 5.75 Å². The van der Waals surface area contributed by atoms with E-state index in [1.807, 2.05) is 63.2 Å². The smallest absolute Gasteiger partial charge is 0.241 e. The molecule has 0 unspecified atom stereocenters. The number of carbonyl (C=O) groups excluding carboxylic acids is 1. The number of amides is 1. The first-order chi connectivity index (χ1) is 12.6. The summed E-state index contributed by atoms with van der Waals surface area (Å²) in [4.78, 5) is 12.6. The fourth-order valence-corrected chi connectivity index (χ4v) is 3.93. The molecule has 0 fully saturated rings. The Bertz CT molecular complexity index is 888. The van der Waals surface area contributed by atoms with Crippen molar-refractivity contribution in [2.45, 2.75) is 26.8 Å². The number of hydrogen-bond donors (Lipinski definition) is 1. The van der Waals surface area contributed by atoms with E-state index >= 15 is 0 Å². The molecule has 0 aliphatic rings. The normalized spacial score (nSPS) is 12.3. The summed E-state index contributed by atoms with van der Waals surface area (Å²) >= 11 is 0. The minimum atomic E-state index is -3.61. The van der Waals surface area contributed by atoms with Crippen LogP contribution < -0.4 is 14.4 Å². The van der Waals surface area contributed by atoms with Gasteiger partial charge in [0.15, 0.2) is 0 Å². The number of rotatable bonds is 7. The third-order valence-electron chi connectivity index (χ3n) is 4.37. The van der Waals surface area contributed by atoms with E-state index in [-0.39, 0.29) is 18.5 Å². The molecule has 0 saturated carbocycles. The second-order valence-corrected chi connectivity index (χ2v) is 8.48. The Kier molecular flexibility index (Phi) is 6.49. The van der Waals surface area contributed by atoms with Gasteiger partial charge in [0, 0.05) is 0 Å². The molecule has 1 N–H and O–H groups in total. The molecule has 0 spiro atoms. The molecule has 0 saturated heterocycles. The molecule has 2 aromatic carbocycles. The number of sulfonamides is 1. The highest BCUT2D eigenvalue weighted by Gasteiger charge is 2.24. The maximum absolute atomic E-state index is 12.6. The van der Waals surface area contributed by atoms with Crippen molar-refractivity contribution in [1.29, 1.82) is 0 Å². The number of hydrogen-bond acceptors (Lipinski definition) is 4. The Morgan fingerprint density at radius 3 is 2.15 bits per heavy atom. The number of ether oxygens (including phenoxy) is 1. The predicted molar refractivity (Wildman–Crippen MR) is 108 cm³/mol.